The van der Waals surface area contributed by atoms with Crippen LogP contribution in [0.4, 0.5) is 0 Å². The molecule has 0 saturated carbocycles. The van der Waals surface area contributed by atoms with Crippen LogP contribution in [0.15, 0.2) is 123 Å². The minimum Gasteiger partial charge on any atom is -0.265 e. The Kier molecular flexibility index (Phi) is 24.3. The molecule has 0 amide bonds. The van der Waals surface area contributed by atoms with Crippen molar-refractivity contribution in [1.82, 2.24) is 50.1 Å². The molecule has 6 aromatic heterocycles. The van der Waals surface area contributed by atoms with Crippen LogP contribution in [0, 0.1) is 0 Å². The van der Waals surface area contributed by atoms with E-state index in [4.69, 9.17) is 0 Å². The van der Waals surface area contributed by atoms with E-state index in [1.165, 1.54) is 11.1 Å². The first-order chi connectivity index (χ1) is 25.8. The van der Waals surface area contributed by atoms with Gasteiger partial charge in [-0.1, -0.05) is 89.2 Å². The number of hydrogen-bond acceptors (Lipinski definition) is 10. The highest BCUT2D eigenvalue weighted by Gasteiger charge is 1.99. The van der Waals surface area contributed by atoms with Crippen molar-refractivity contribution in [3.63, 3.8) is 0 Å². The molecule has 6 aromatic rings. The minimum absolute atomic E-state index is 0.436. The number of aromatic nitrogens is 10. The van der Waals surface area contributed by atoms with Crippen LogP contribution in [-0.4, -0.2) is 50.1 Å². The van der Waals surface area contributed by atoms with Crippen molar-refractivity contribution in [2.24, 2.45) is 0 Å². The van der Waals surface area contributed by atoms with Crippen LogP contribution in [0.5, 0.6) is 0 Å². The van der Waals surface area contributed by atoms with Gasteiger partial charge in [0.2, 0.25) is 0 Å². The van der Waals surface area contributed by atoms with Crippen LogP contribution < -0.4 is 0 Å². The third-order valence-corrected chi connectivity index (χ3v) is 7.38. The van der Waals surface area contributed by atoms with Gasteiger partial charge in [-0.15, -0.1) is 0 Å². The fourth-order valence-corrected chi connectivity index (χ4v) is 3.95. The molecule has 0 aliphatic rings. The van der Waals surface area contributed by atoms with Crippen LogP contribution in [0.1, 0.15) is 153 Å². The van der Waals surface area contributed by atoms with E-state index >= 15 is 0 Å². The summed E-state index contributed by atoms with van der Waals surface area (Å²) in [6.45, 7) is 25.5. The third-order valence-electron chi connectivity index (χ3n) is 7.38. The summed E-state index contributed by atoms with van der Waals surface area (Å²) in [5, 5.41) is 7.68. The van der Waals surface area contributed by atoms with Gasteiger partial charge < -0.3 is 0 Å². The molecular formula is C44H62N10. The van der Waals surface area contributed by atoms with Gasteiger partial charge in [0.1, 0.15) is 12.2 Å². The standard InChI is InChI=1S/2C8H11N.4C7H10N2/c1-7(2)8-3-5-9-6-4-8;1-7(2)8-4-3-5-9-6-8;1-6(2)7-5-8-3-4-9-7;1-6(2)7-3-4-8-5-9-7;1-6(2)7-8-4-3-5-9-7;1-6(2)7-4-3-5-8-9-7/h2*3-7H,1-2H3;4*3-6H,1-2H3. The second kappa shape index (κ2) is 28.2. The predicted octanol–water partition coefficient (Wildman–Crippen LogP) is 10.8. The molecule has 10 nitrogen and oxygen atoms in total. The summed E-state index contributed by atoms with van der Waals surface area (Å²) in [7, 11) is 0. The van der Waals surface area contributed by atoms with E-state index in [9.17, 15) is 0 Å². The van der Waals surface area contributed by atoms with Crippen LogP contribution in [0.3, 0.4) is 0 Å². The van der Waals surface area contributed by atoms with Gasteiger partial charge in [-0.3, -0.25) is 19.9 Å². The second-order valence-electron chi connectivity index (χ2n) is 14.0. The van der Waals surface area contributed by atoms with Crippen molar-refractivity contribution < 1.29 is 0 Å². The van der Waals surface area contributed by atoms with E-state index in [1.807, 2.05) is 61.1 Å². The topological polar surface area (TPSA) is 129 Å². The number of rotatable bonds is 6. The van der Waals surface area contributed by atoms with Crippen molar-refractivity contribution in [3.05, 3.63) is 157 Å². The summed E-state index contributed by atoms with van der Waals surface area (Å²) in [5.74, 6) is 4.04. The van der Waals surface area contributed by atoms with Crippen molar-refractivity contribution in [2.75, 3.05) is 0 Å². The molecule has 54 heavy (non-hydrogen) atoms. The maximum absolute atomic E-state index is 4.12. The molecule has 0 unspecified atom stereocenters. The normalized spacial score (nSPS) is 10.1. The smallest absolute Gasteiger partial charge is 0.130 e. The fraction of sp³-hybridized carbons (Fsp3) is 0.409. The van der Waals surface area contributed by atoms with Gasteiger partial charge in [-0.2, -0.15) is 10.2 Å². The molecule has 6 heterocycles. The summed E-state index contributed by atoms with van der Waals surface area (Å²) < 4.78 is 0. The molecule has 0 spiro atoms. The van der Waals surface area contributed by atoms with Crippen molar-refractivity contribution in [3.8, 4) is 0 Å². The lowest BCUT2D eigenvalue weighted by Crippen LogP contribution is -1.93. The lowest BCUT2D eigenvalue weighted by Gasteiger charge is -2.01. The average Bonchev–Trinajstić information content (AvgIpc) is 3.21. The first kappa shape index (κ1) is 46.6. The maximum Gasteiger partial charge on any atom is 0.130 e. The Morgan fingerprint density at radius 3 is 1.28 bits per heavy atom. The molecule has 10 heteroatoms. The Balaban J connectivity index is 0.000000324. The summed E-state index contributed by atoms with van der Waals surface area (Å²) >= 11 is 0. The van der Waals surface area contributed by atoms with Gasteiger partial charge in [0, 0.05) is 79.8 Å². The SMILES string of the molecule is CC(C)c1cccnc1.CC(C)c1cccnn1.CC(C)c1ccncc1.CC(C)c1ccncn1.CC(C)c1cnccn1.CC(C)c1ncccn1. The summed E-state index contributed by atoms with van der Waals surface area (Å²) in [6.07, 6.45) is 21.1. The van der Waals surface area contributed by atoms with Gasteiger partial charge in [-0.25, -0.2) is 19.9 Å². The summed E-state index contributed by atoms with van der Waals surface area (Å²) in [4.78, 5) is 32.0. The summed E-state index contributed by atoms with van der Waals surface area (Å²) in [6, 6.07) is 15.8. The maximum atomic E-state index is 4.12. The zero-order chi connectivity index (χ0) is 40.1. The summed E-state index contributed by atoms with van der Waals surface area (Å²) in [5.41, 5.74) is 5.86. The van der Waals surface area contributed by atoms with Gasteiger partial charge in [-0.05, 0) is 83.2 Å². The Bertz CT molecular complexity index is 1350. The molecule has 0 aromatic carbocycles. The molecule has 0 radical (unpaired) electrons. The van der Waals surface area contributed by atoms with E-state index < -0.39 is 0 Å². The molecule has 0 bridgehead atoms. The number of pyridine rings is 2. The van der Waals surface area contributed by atoms with Crippen LogP contribution >= 0.6 is 0 Å². The molecule has 288 valence electrons. The highest BCUT2D eigenvalue weighted by molar-refractivity contribution is 5.13. The van der Waals surface area contributed by atoms with Crippen molar-refractivity contribution in [1.29, 1.82) is 0 Å². The lowest BCUT2D eigenvalue weighted by molar-refractivity contribution is 0.774. The average molecular weight is 731 g/mol. The number of nitrogens with zero attached hydrogens (tertiary/aromatic N) is 10. The highest BCUT2D eigenvalue weighted by atomic mass is 15.1. The molecule has 0 fully saturated rings. The Hall–Kier alpha value is -5.38. The largest absolute Gasteiger partial charge is 0.265 e. The number of hydrogen-bond donors (Lipinski definition) is 0. The van der Waals surface area contributed by atoms with Gasteiger partial charge in [0.25, 0.3) is 0 Å². The molecule has 0 aliphatic heterocycles. The third kappa shape index (κ3) is 21.9. The van der Waals surface area contributed by atoms with Crippen LogP contribution in [-0.2, 0) is 0 Å². The highest BCUT2D eigenvalue weighted by Crippen LogP contribution is 2.12. The van der Waals surface area contributed by atoms with E-state index in [-0.39, 0.29) is 0 Å². The van der Waals surface area contributed by atoms with Gasteiger partial charge >= 0.3 is 0 Å². The Labute approximate surface area is 324 Å². The molecule has 0 atom stereocenters. The van der Waals surface area contributed by atoms with Crippen molar-refractivity contribution >= 4 is 0 Å². The van der Waals surface area contributed by atoms with E-state index in [0.29, 0.717) is 35.5 Å². The first-order valence-electron chi connectivity index (χ1n) is 18.7. The molecular weight excluding hydrogens is 669 g/mol. The minimum atomic E-state index is 0.436. The Morgan fingerprint density at radius 2 is 0.944 bits per heavy atom. The zero-order valence-electron chi connectivity index (χ0n) is 34.5. The van der Waals surface area contributed by atoms with E-state index in [2.05, 4.69) is 139 Å². The van der Waals surface area contributed by atoms with Gasteiger partial charge in [0.05, 0.1) is 11.4 Å². The molecule has 0 aliphatic carbocycles. The Morgan fingerprint density at radius 1 is 0.352 bits per heavy atom. The molecule has 0 N–H and O–H groups in total. The first-order valence-corrected chi connectivity index (χ1v) is 18.7. The molecule has 0 saturated heterocycles. The van der Waals surface area contributed by atoms with Gasteiger partial charge in [0.15, 0.2) is 0 Å². The van der Waals surface area contributed by atoms with Crippen LogP contribution in [0.25, 0.3) is 0 Å². The van der Waals surface area contributed by atoms with Crippen molar-refractivity contribution in [2.45, 2.75) is 119 Å². The lowest BCUT2D eigenvalue weighted by atomic mass is 10.1. The zero-order valence-corrected chi connectivity index (χ0v) is 34.5. The monoisotopic (exact) mass is 731 g/mol. The fourth-order valence-electron chi connectivity index (χ4n) is 3.95. The quantitative estimate of drug-likeness (QED) is 0.163. The van der Waals surface area contributed by atoms with E-state index in [0.717, 1.165) is 22.9 Å². The second-order valence-corrected chi connectivity index (χ2v) is 14.0. The van der Waals surface area contributed by atoms with E-state index in [1.54, 1.807) is 55.9 Å². The van der Waals surface area contributed by atoms with Crippen LogP contribution in [0.2, 0.25) is 0 Å². The molecule has 6 rings (SSSR count). The predicted molar refractivity (Wildman–Crippen MR) is 221 cm³/mol.